The summed E-state index contributed by atoms with van der Waals surface area (Å²) in [5, 5.41) is 2.67. The first-order chi connectivity index (χ1) is 13.5. The number of piperidine rings is 1. The fourth-order valence-electron chi connectivity index (χ4n) is 3.19. The lowest BCUT2D eigenvalue weighted by Crippen LogP contribution is -2.50. The van der Waals surface area contributed by atoms with Gasteiger partial charge in [-0.1, -0.05) is 29.8 Å². The number of nitrogens with zero attached hydrogens (tertiary/aromatic N) is 1. The third-order valence-corrected chi connectivity index (χ3v) is 4.80. The molecular weight excluding hydrogens is 390 g/mol. The second kappa shape index (κ2) is 9.01. The Kier molecular flexibility index (Phi) is 6.46. The summed E-state index contributed by atoms with van der Waals surface area (Å²) in [6, 6.07) is 12.2. The van der Waals surface area contributed by atoms with Gasteiger partial charge in [0.15, 0.2) is 0 Å². The number of nitrogens with one attached hydrogen (secondary N) is 1. The molecule has 1 atom stereocenters. The average molecular weight is 409 g/mol. The second-order valence-corrected chi connectivity index (χ2v) is 6.80. The Labute approximate surface area is 166 Å². The quantitative estimate of drug-likeness (QED) is 0.788. The largest absolute Gasteiger partial charge is 0.433 e. The molecule has 1 heterocycles. The molecule has 0 spiro atoms. The van der Waals surface area contributed by atoms with Gasteiger partial charge in [0.05, 0.1) is 5.02 Å². The summed E-state index contributed by atoms with van der Waals surface area (Å²) < 4.78 is 28.9. The summed E-state index contributed by atoms with van der Waals surface area (Å²) in [5.74, 6) is -0.713. The number of likely N-dealkylation sites (tertiary alicyclic amines) is 1. The lowest BCUT2D eigenvalue weighted by atomic mass is 10.00. The predicted molar refractivity (Wildman–Crippen MR) is 102 cm³/mol. The minimum atomic E-state index is -2.99. The highest BCUT2D eigenvalue weighted by Gasteiger charge is 2.32. The lowest BCUT2D eigenvalue weighted by molar-refractivity contribution is -0.121. The van der Waals surface area contributed by atoms with Gasteiger partial charge < -0.3 is 15.0 Å². The Hall–Kier alpha value is -2.67. The first-order valence-corrected chi connectivity index (χ1v) is 9.25. The molecule has 0 bridgehead atoms. The van der Waals surface area contributed by atoms with Crippen molar-refractivity contribution in [3.05, 3.63) is 59.1 Å². The first kappa shape index (κ1) is 20.1. The Morgan fingerprint density at radius 2 is 1.89 bits per heavy atom. The highest BCUT2D eigenvalue weighted by atomic mass is 35.5. The molecule has 2 aromatic carbocycles. The predicted octanol–water partition coefficient (Wildman–Crippen LogP) is 4.57. The number of ether oxygens (including phenoxy) is 1. The van der Waals surface area contributed by atoms with Crippen molar-refractivity contribution >= 4 is 29.1 Å². The van der Waals surface area contributed by atoms with E-state index >= 15 is 0 Å². The van der Waals surface area contributed by atoms with Gasteiger partial charge >= 0.3 is 6.61 Å². The van der Waals surface area contributed by atoms with Gasteiger partial charge in [-0.05, 0) is 49.6 Å². The summed E-state index contributed by atoms with van der Waals surface area (Å²) in [7, 11) is 0. The Balaban J connectivity index is 1.73. The number of hydrogen-bond acceptors (Lipinski definition) is 3. The van der Waals surface area contributed by atoms with Crippen molar-refractivity contribution < 1.29 is 23.1 Å². The van der Waals surface area contributed by atoms with Crippen molar-refractivity contribution in [1.82, 2.24) is 4.90 Å². The molecular formula is C20H19ClF2N2O3. The van der Waals surface area contributed by atoms with Crippen molar-refractivity contribution in [3.63, 3.8) is 0 Å². The van der Waals surface area contributed by atoms with Gasteiger partial charge in [0, 0.05) is 17.8 Å². The molecule has 2 amide bonds. The van der Waals surface area contributed by atoms with Gasteiger partial charge in [0.25, 0.3) is 5.91 Å². The van der Waals surface area contributed by atoms with Gasteiger partial charge in [-0.15, -0.1) is 0 Å². The lowest BCUT2D eigenvalue weighted by Gasteiger charge is -2.34. The molecule has 5 nitrogen and oxygen atoms in total. The summed E-state index contributed by atoms with van der Waals surface area (Å²) in [4.78, 5) is 27.2. The Bertz CT molecular complexity index is 849. The molecule has 0 radical (unpaired) electrons. The number of rotatable bonds is 5. The standard InChI is InChI=1S/C20H19ClF2N2O3/c21-15-12-14(9-10-17(15)28-20(22)23)24-18(26)16-8-4-5-11-25(16)19(27)13-6-2-1-3-7-13/h1-3,6-7,9-10,12,16,20H,4-5,8,11H2,(H,24,26)/t16-/m0/s1. The van der Waals surface area contributed by atoms with Crippen molar-refractivity contribution in [2.45, 2.75) is 31.9 Å². The molecule has 148 valence electrons. The van der Waals surface area contributed by atoms with E-state index in [9.17, 15) is 18.4 Å². The van der Waals surface area contributed by atoms with Gasteiger partial charge in [-0.25, -0.2) is 0 Å². The Morgan fingerprint density at radius 1 is 1.14 bits per heavy atom. The number of carbonyl (C=O) groups is 2. The zero-order chi connectivity index (χ0) is 20.1. The number of amides is 2. The van der Waals surface area contributed by atoms with E-state index in [1.165, 1.54) is 18.2 Å². The summed E-state index contributed by atoms with van der Waals surface area (Å²) >= 11 is 5.93. The van der Waals surface area contributed by atoms with Crippen molar-refractivity contribution in [1.29, 1.82) is 0 Å². The van der Waals surface area contributed by atoms with Crippen LogP contribution < -0.4 is 10.1 Å². The van der Waals surface area contributed by atoms with Crippen LogP contribution in [0.25, 0.3) is 0 Å². The molecule has 2 aromatic rings. The first-order valence-electron chi connectivity index (χ1n) is 8.87. The monoisotopic (exact) mass is 408 g/mol. The third-order valence-electron chi connectivity index (χ3n) is 4.50. The zero-order valence-electron chi connectivity index (χ0n) is 14.9. The molecule has 28 heavy (non-hydrogen) atoms. The fourth-order valence-corrected chi connectivity index (χ4v) is 3.41. The van der Waals surface area contributed by atoms with Crippen LogP contribution in [0, 0.1) is 0 Å². The number of hydrogen-bond donors (Lipinski definition) is 1. The summed E-state index contributed by atoms with van der Waals surface area (Å²) in [5.41, 5.74) is 0.869. The molecule has 1 N–H and O–H groups in total. The normalized spacial score (nSPS) is 16.7. The molecule has 3 rings (SSSR count). The van der Waals surface area contributed by atoms with Crippen LogP contribution in [0.1, 0.15) is 29.6 Å². The van der Waals surface area contributed by atoms with Crippen molar-refractivity contribution in [2.75, 3.05) is 11.9 Å². The number of halogens is 3. The number of alkyl halides is 2. The molecule has 0 unspecified atom stereocenters. The number of carbonyl (C=O) groups excluding carboxylic acids is 2. The molecule has 1 aliphatic heterocycles. The Morgan fingerprint density at radius 3 is 2.57 bits per heavy atom. The topological polar surface area (TPSA) is 58.6 Å². The molecule has 1 saturated heterocycles. The van der Waals surface area contributed by atoms with Crippen LogP contribution in [0.2, 0.25) is 5.02 Å². The molecule has 0 aliphatic carbocycles. The molecule has 0 aromatic heterocycles. The van der Waals surface area contributed by atoms with Crippen LogP contribution in [0.5, 0.6) is 5.75 Å². The SMILES string of the molecule is O=C(Nc1ccc(OC(F)F)c(Cl)c1)[C@@H]1CCCCN1C(=O)c1ccccc1. The average Bonchev–Trinajstić information content (AvgIpc) is 2.70. The van der Waals surface area contributed by atoms with Crippen LogP contribution in [0.3, 0.4) is 0 Å². The van der Waals surface area contributed by atoms with E-state index in [1.807, 2.05) is 6.07 Å². The van der Waals surface area contributed by atoms with E-state index in [4.69, 9.17) is 11.6 Å². The smallest absolute Gasteiger partial charge is 0.387 e. The maximum absolute atomic E-state index is 12.8. The molecule has 8 heteroatoms. The zero-order valence-corrected chi connectivity index (χ0v) is 15.7. The minimum Gasteiger partial charge on any atom is -0.433 e. The van der Waals surface area contributed by atoms with Crippen LogP contribution in [-0.4, -0.2) is 35.9 Å². The summed E-state index contributed by atoms with van der Waals surface area (Å²) in [6.07, 6.45) is 2.21. The van der Waals surface area contributed by atoms with E-state index in [0.29, 0.717) is 24.2 Å². The van der Waals surface area contributed by atoms with E-state index in [0.717, 1.165) is 12.8 Å². The van der Waals surface area contributed by atoms with Crippen molar-refractivity contribution in [2.24, 2.45) is 0 Å². The van der Waals surface area contributed by atoms with E-state index in [-0.39, 0.29) is 22.6 Å². The van der Waals surface area contributed by atoms with Crippen LogP contribution in [-0.2, 0) is 4.79 Å². The van der Waals surface area contributed by atoms with Crippen LogP contribution in [0.15, 0.2) is 48.5 Å². The van der Waals surface area contributed by atoms with Gasteiger partial charge in [-0.3, -0.25) is 9.59 Å². The number of anilines is 1. The van der Waals surface area contributed by atoms with E-state index in [1.54, 1.807) is 29.2 Å². The highest BCUT2D eigenvalue weighted by molar-refractivity contribution is 6.32. The minimum absolute atomic E-state index is 0.0426. The van der Waals surface area contributed by atoms with Crippen molar-refractivity contribution in [3.8, 4) is 5.75 Å². The molecule has 1 aliphatic rings. The summed E-state index contributed by atoms with van der Waals surface area (Å²) in [6.45, 7) is -2.49. The third kappa shape index (κ3) is 4.78. The van der Waals surface area contributed by atoms with Gasteiger partial charge in [-0.2, -0.15) is 8.78 Å². The fraction of sp³-hybridized carbons (Fsp3) is 0.300. The van der Waals surface area contributed by atoms with E-state index in [2.05, 4.69) is 10.1 Å². The second-order valence-electron chi connectivity index (χ2n) is 6.39. The van der Waals surface area contributed by atoms with Crippen LogP contribution >= 0.6 is 11.6 Å². The van der Waals surface area contributed by atoms with Crippen LogP contribution in [0.4, 0.5) is 14.5 Å². The highest BCUT2D eigenvalue weighted by Crippen LogP contribution is 2.29. The molecule has 1 fully saturated rings. The number of benzene rings is 2. The van der Waals surface area contributed by atoms with Gasteiger partial charge in [0.1, 0.15) is 11.8 Å². The maximum Gasteiger partial charge on any atom is 0.387 e. The molecule has 0 saturated carbocycles. The maximum atomic E-state index is 12.8. The van der Waals surface area contributed by atoms with Gasteiger partial charge in [0.2, 0.25) is 5.91 Å². The van der Waals surface area contributed by atoms with E-state index < -0.39 is 12.7 Å².